The zero-order valence-corrected chi connectivity index (χ0v) is 21.3. The predicted octanol–water partition coefficient (Wildman–Crippen LogP) is 6.27. The number of carbonyl (C=O) groups is 2. The van der Waals surface area contributed by atoms with Crippen LogP contribution >= 0.6 is 15.2 Å². The Morgan fingerprint density at radius 1 is 0.733 bits per heavy atom. The molecule has 0 saturated heterocycles. The molecule has 10 heteroatoms. The van der Waals surface area contributed by atoms with Crippen LogP contribution in [0.3, 0.4) is 0 Å². The Bertz CT molecular complexity index is 656. The lowest BCUT2D eigenvalue weighted by Crippen LogP contribution is -2.14. The molecule has 0 aromatic heterocycles. The summed E-state index contributed by atoms with van der Waals surface area (Å²) in [7, 11) is -7.36. The van der Waals surface area contributed by atoms with Gasteiger partial charge in [0.1, 0.15) is 0 Å². The summed E-state index contributed by atoms with van der Waals surface area (Å²) in [6, 6.07) is 0. The normalized spacial score (nSPS) is 11.8. The standard InChI is InChI=1S/2C10H19O4P/c1-7(2)10(11)15(12,13-8(3)4)14-9(5)6;1-5-7-13-15(12,14-8-6-2)10(11)9(3)4/h8-9H,1H2,2-6H3;3,5-8H2,1-2,4H3. The van der Waals surface area contributed by atoms with E-state index in [4.69, 9.17) is 18.1 Å². The molecule has 0 spiro atoms. The summed E-state index contributed by atoms with van der Waals surface area (Å²) >= 11 is 0. The molecule has 176 valence electrons. The van der Waals surface area contributed by atoms with Gasteiger partial charge in [0.15, 0.2) is 0 Å². The summed E-state index contributed by atoms with van der Waals surface area (Å²) in [6.07, 6.45) is 0.696. The smallest absolute Gasteiger partial charge is 0.303 e. The van der Waals surface area contributed by atoms with Crippen LogP contribution in [0.5, 0.6) is 0 Å². The van der Waals surface area contributed by atoms with Crippen LogP contribution in [0.4, 0.5) is 0 Å². The molecule has 0 saturated carbocycles. The average Bonchev–Trinajstić information content (AvgIpc) is 2.62. The van der Waals surface area contributed by atoms with Crippen molar-refractivity contribution < 1.29 is 36.8 Å². The van der Waals surface area contributed by atoms with E-state index in [1.54, 1.807) is 27.7 Å². The number of allylic oxidation sites excluding steroid dienone is 2. The summed E-state index contributed by atoms with van der Waals surface area (Å²) in [5, 5.41) is 0. The van der Waals surface area contributed by atoms with Gasteiger partial charge in [-0.15, -0.1) is 0 Å². The number of rotatable bonds is 14. The van der Waals surface area contributed by atoms with E-state index in [2.05, 4.69) is 13.2 Å². The van der Waals surface area contributed by atoms with Crippen molar-refractivity contribution in [2.24, 2.45) is 0 Å². The Morgan fingerprint density at radius 2 is 1.03 bits per heavy atom. The molecular formula is C20H38O8P2. The molecular weight excluding hydrogens is 430 g/mol. The van der Waals surface area contributed by atoms with Crippen molar-refractivity contribution in [2.75, 3.05) is 13.2 Å². The van der Waals surface area contributed by atoms with Gasteiger partial charge >= 0.3 is 15.2 Å². The molecule has 0 rings (SSSR count). The van der Waals surface area contributed by atoms with Gasteiger partial charge < -0.3 is 18.1 Å². The molecule has 30 heavy (non-hydrogen) atoms. The van der Waals surface area contributed by atoms with E-state index in [0.29, 0.717) is 12.8 Å². The monoisotopic (exact) mass is 468 g/mol. The highest BCUT2D eigenvalue weighted by Gasteiger charge is 2.37. The van der Waals surface area contributed by atoms with Gasteiger partial charge in [-0.2, -0.15) is 0 Å². The second-order valence-electron chi connectivity index (χ2n) is 7.14. The maximum atomic E-state index is 12.1. The second-order valence-corrected chi connectivity index (χ2v) is 10.9. The van der Waals surface area contributed by atoms with Crippen molar-refractivity contribution in [3.8, 4) is 0 Å². The van der Waals surface area contributed by atoms with Gasteiger partial charge in [-0.1, -0.05) is 27.0 Å². The Morgan fingerprint density at radius 3 is 1.27 bits per heavy atom. The van der Waals surface area contributed by atoms with Crippen LogP contribution in [0.1, 0.15) is 68.2 Å². The molecule has 8 nitrogen and oxygen atoms in total. The molecule has 0 fully saturated rings. The van der Waals surface area contributed by atoms with E-state index in [-0.39, 0.29) is 36.6 Å². The molecule has 0 aliphatic carbocycles. The Labute approximate surface area is 181 Å². The van der Waals surface area contributed by atoms with Gasteiger partial charge in [0, 0.05) is 0 Å². The SMILES string of the molecule is C=C(C)C(=O)P(=O)(OC(C)C)OC(C)C.C=C(C)C(=O)P(=O)(OCCC)OCCC. The quantitative estimate of drug-likeness (QED) is 0.217. The molecule has 0 aliphatic heterocycles. The fraction of sp³-hybridized carbons (Fsp3) is 0.700. The van der Waals surface area contributed by atoms with Crippen LogP contribution in [-0.2, 0) is 36.8 Å². The van der Waals surface area contributed by atoms with E-state index >= 15 is 0 Å². The second kappa shape index (κ2) is 15.0. The van der Waals surface area contributed by atoms with E-state index in [1.807, 2.05) is 13.8 Å². The van der Waals surface area contributed by atoms with E-state index in [9.17, 15) is 18.7 Å². The van der Waals surface area contributed by atoms with Gasteiger partial charge in [0.05, 0.1) is 25.4 Å². The largest absolute Gasteiger partial charge is 0.401 e. The molecule has 0 unspecified atom stereocenters. The number of hydrogen-bond acceptors (Lipinski definition) is 8. The van der Waals surface area contributed by atoms with Crippen LogP contribution in [0.25, 0.3) is 0 Å². The van der Waals surface area contributed by atoms with Crippen LogP contribution in [0.15, 0.2) is 24.3 Å². The molecule has 0 aliphatic rings. The van der Waals surface area contributed by atoms with Crippen molar-refractivity contribution in [2.45, 2.75) is 80.4 Å². The van der Waals surface area contributed by atoms with E-state index in [1.165, 1.54) is 13.8 Å². The first-order chi connectivity index (χ1) is 13.7. The van der Waals surface area contributed by atoms with Crippen molar-refractivity contribution in [3.05, 3.63) is 24.3 Å². The lowest BCUT2D eigenvalue weighted by atomic mass is 10.4. The first kappa shape index (κ1) is 31.3. The van der Waals surface area contributed by atoms with E-state index < -0.39 is 26.2 Å². The van der Waals surface area contributed by atoms with Crippen LogP contribution in [0.2, 0.25) is 0 Å². The highest BCUT2D eigenvalue weighted by molar-refractivity contribution is 7.73. The Kier molecular flexibility index (Phi) is 15.7. The topological polar surface area (TPSA) is 105 Å². The summed E-state index contributed by atoms with van der Waals surface area (Å²) < 4.78 is 44.4. The minimum Gasteiger partial charge on any atom is -0.303 e. The molecule has 0 amide bonds. The van der Waals surface area contributed by atoms with Crippen LogP contribution in [0, 0.1) is 0 Å². The lowest BCUT2D eigenvalue weighted by molar-refractivity contribution is -0.111. The van der Waals surface area contributed by atoms with Crippen molar-refractivity contribution in [1.29, 1.82) is 0 Å². The summed E-state index contributed by atoms with van der Waals surface area (Å²) in [5.41, 5.74) is -0.889. The maximum Gasteiger partial charge on any atom is 0.401 e. The predicted molar refractivity (Wildman–Crippen MR) is 120 cm³/mol. The summed E-state index contributed by atoms with van der Waals surface area (Å²) in [4.78, 5) is 23.2. The van der Waals surface area contributed by atoms with E-state index in [0.717, 1.165) is 0 Å². The zero-order valence-electron chi connectivity index (χ0n) is 19.6. The van der Waals surface area contributed by atoms with Crippen molar-refractivity contribution >= 4 is 26.2 Å². The van der Waals surface area contributed by atoms with Crippen LogP contribution in [-0.4, -0.2) is 36.5 Å². The lowest BCUT2D eigenvalue weighted by Gasteiger charge is -2.21. The third-order valence-corrected chi connectivity index (χ3v) is 7.06. The minimum absolute atomic E-state index is 0.180. The van der Waals surface area contributed by atoms with Gasteiger partial charge in [0.25, 0.3) is 11.0 Å². The maximum absolute atomic E-state index is 12.1. The first-order valence-electron chi connectivity index (χ1n) is 9.93. The highest BCUT2D eigenvalue weighted by Crippen LogP contribution is 2.53. The van der Waals surface area contributed by atoms with Gasteiger partial charge in [-0.3, -0.25) is 18.7 Å². The molecule has 0 atom stereocenters. The van der Waals surface area contributed by atoms with Gasteiger partial charge in [-0.05, 0) is 65.5 Å². The molecule has 0 aromatic rings. The molecule has 0 heterocycles. The average molecular weight is 468 g/mol. The molecule has 0 N–H and O–H groups in total. The first-order valence-corrected chi connectivity index (χ1v) is 13.0. The summed E-state index contributed by atoms with van der Waals surface area (Å²) in [5.74, 6) is 0. The fourth-order valence-electron chi connectivity index (χ4n) is 1.72. The summed E-state index contributed by atoms with van der Waals surface area (Å²) in [6.45, 7) is 20.9. The van der Waals surface area contributed by atoms with Crippen molar-refractivity contribution in [3.63, 3.8) is 0 Å². The minimum atomic E-state index is -3.72. The number of hydrogen-bond donors (Lipinski definition) is 0. The zero-order chi connectivity index (χ0) is 24.1. The van der Waals surface area contributed by atoms with Gasteiger partial charge in [0.2, 0.25) is 0 Å². The highest BCUT2D eigenvalue weighted by atomic mass is 31.2. The molecule has 0 radical (unpaired) electrons. The number of carbonyl (C=O) groups excluding carboxylic acids is 2. The van der Waals surface area contributed by atoms with Gasteiger partial charge in [-0.25, -0.2) is 0 Å². The molecule has 0 bridgehead atoms. The molecule has 0 aromatic carbocycles. The fourth-order valence-corrected chi connectivity index (χ4v) is 5.16. The van der Waals surface area contributed by atoms with Crippen molar-refractivity contribution in [1.82, 2.24) is 0 Å². The Balaban J connectivity index is 0. The third-order valence-electron chi connectivity index (χ3n) is 2.86. The Hall–Kier alpha value is -0.880. The van der Waals surface area contributed by atoms with Crippen LogP contribution < -0.4 is 0 Å². The third kappa shape index (κ3) is 12.1.